The van der Waals surface area contributed by atoms with E-state index in [0.29, 0.717) is 16.8 Å². The van der Waals surface area contributed by atoms with Gasteiger partial charge in [0.2, 0.25) is 0 Å². The lowest BCUT2D eigenvalue weighted by molar-refractivity contribution is -0.136. The number of phenolic OH excluding ortho intramolecular Hbond substituents is 1. The Morgan fingerprint density at radius 3 is 2.69 bits per heavy atom. The number of aromatic hydroxyl groups is 1. The number of carbonyl (C=O) groups is 3. The van der Waals surface area contributed by atoms with Crippen LogP contribution in [0.1, 0.15) is 24.1 Å². The van der Waals surface area contributed by atoms with E-state index in [1.54, 1.807) is 37.3 Å². The highest BCUT2D eigenvalue weighted by molar-refractivity contribution is 9.10. The Morgan fingerprint density at radius 1 is 1.20 bits per heavy atom. The predicted octanol–water partition coefficient (Wildman–Crippen LogP) is 2.49. The van der Waals surface area contributed by atoms with Gasteiger partial charge in [-0.3, -0.25) is 4.79 Å². The van der Waals surface area contributed by atoms with Crippen molar-refractivity contribution in [3.8, 4) is 17.2 Å². The van der Waals surface area contributed by atoms with Crippen LogP contribution >= 0.6 is 15.9 Å². The van der Waals surface area contributed by atoms with Crippen LogP contribution in [0.5, 0.6) is 17.2 Å². The van der Waals surface area contributed by atoms with E-state index >= 15 is 0 Å². The smallest absolute Gasteiger partial charge is 0.337 e. The molecule has 3 rings (SSSR count). The topological polar surface area (TPSA) is 148 Å². The zero-order valence-corrected chi connectivity index (χ0v) is 20.6. The first kappa shape index (κ1) is 25.6. The average molecular weight is 547 g/mol. The van der Waals surface area contributed by atoms with E-state index in [1.807, 2.05) is 0 Å². The molecule has 1 aliphatic heterocycles. The van der Waals surface area contributed by atoms with Crippen LogP contribution in [0.3, 0.4) is 0 Å². The molecule has 184 valence electrons. The van der Waals surface area contributed by atoms with Crippen LogP contribution in [0.2, 0.25) is 0 Å². The normalized spacial score (nSPS) is 15.3. The van der Waals surface area contributed by atoms with Crippen LogP contribution in [-0.4, -0.2) is 50.1 Å². The number of methoxy groups -OCH3 is 2. The van der Waals surface area contributed by atoms with Crippen LogP contribution < -0.4 is 25.5 Å². The van der Waals surface area contributed by atoms with Crippen molar-refractivity contribution in [1.82, 2.24) is 16.1 Å². The van der Waals surface area contributed by atoms with Crippen molar-refractivity contribution in [2.45, 2.75) is 13.0 Å². The van der Waals surface area contributed by atoms with Gasteiger partial charge in [-0.05, 0) is 42.8 Å². The van der Waals surface area contributed by atoms with Crippen molar-refractivity contribution in [2.75, 3.05) is 20.8 Å². The summed E-state index contributed by atoms with van der Waals surface area (Å²) in [6.07, 6.45) is 1.30. The highest BCUT2D eigenvalue weighted by Crippen LogP contribution is 2.34. The summed E-state index contributed by atoms with van der Waals surface area (Å²) in [7, 11) is 2.67. The van der Waals surface area contributed by atoms with Crippen molar-refractivity contribution >= 4 is 40.1 Å². The summed E-state index contributed by atoms with van der Waals surface area (Å²) in [6.45, 7) is 1.24. The number of nitrogens with zero attached hydrogens (tertiary/aromatic N) is 1. The summed E-state index contributed by atoms with van der Waals surface area (Å²) in [6, 6.07) is 8.35. The van der Waals surface area contributed by atoms with Gasteiger partial charge in [-0.1, -0.05) is 22.0 Å². The SMILES string of the molecule is COC(=O)C1=C(C)NC(=O)N[C@@H]1c1ccc(OCC(=O)N/N=C\c2cc(Br)ccc2O)c(OC)c1. The molecule has 0 unspecified atom stereocenters. The molecule has 0 bridgehead atoms. The highest BCUT2D eigenvalue weighted by atomic mass is 79.9. The van der Waals surface area contributed by atoms with Crippen molar-refractivity contribution in [1.29, 1.82) is 0 Å². The van der Waals surface area contributed by atoms with Crippen molar-refractivity contribution in [3.05, 3.63) is 63.3 Å². The first-order valence-corrected chi connectivity index (χ1v) is 11.0. The second kappa shape index (κ2) is 11.4. The standard InChI is InChI=1S/C23H23BrN4O7/c1-12-20(22(31)34-3)21(27-23(32)26-12)13-4-7-17(18(9-13)33-2)35-11-19(30)28-25-10-14-8-15(24)5-6-16(14)29/h4-10,21,29H,11H2,1-3H3,(H,28,30)(H2,26,27,32)/b25-10-/t21-/m1/s1. The van der Waals surface area contributed by atoms with E-state index in [-0.39, 0.29) is 29.4 Å². The second-order valence-corrected chi connectivity index (χ2v) is 8.17. The molecule has 0 aromatic heterocycles. The molecule has 4 N–H and O–H groups in total. The summed E-state index contributed by atoms with van der Waals surface area (Å²) in [5.74, 6) is -0.572. The first-order chi connectivity index (χ1) is 16.7. The molecule has 0 fully saturated rings. The van der Waals surface area contributed by atoms with E-state index < -0.39 is 23.9 Å². The number of amides is 3. The molecule has 3 amide bonds. The predicted molar refractivity (Wildman–Crippen MR) is 129 cm³/mol. The van der Waals surface area contributed by atoms with Gasteiger partial charge in [-0.15, -0.1) is 0 Å². The van der Waals surface area contributed by atoms with Gasteiger partial charge >= 0.3 is 12.0 Å². The number of nitrogens with one attached hydrogen (secondary N) is 3. The molecule has 0 radical (unpaired) electrons. The number of phenols is 1. The Morgan fingerprint density at radius 2 is 1.97 bits per heavy atom. The minimum atomic E-state index is -0.772. The van der Waals surface area contributed by atoms with Gasteiger partial charge in [0, 0.05) is 15.7 Å². The molecular weight excluding hydrogens is 524 g/mol. The molecule has 11 nitrogen and oxygen atoms in total. The monoisotopic (exact) mass is 546 g/mol. The lowest BCUT2D eigenvalue weighted by Crippen LogP contribution is -2.45. The largest absolute Gasteiger partial charge is 0.507 e. The number of carbonyl (C=O) groups excluding carboxylic acids is 3. The fraction of sp³-hybridized carbons (Fsp3) is 0.217. The lowest BCUT2D eigenvalue weighted by atomic mass is 9.95. The Hall–Kier alpha value is -4.06. The average Bonchev–Trinajstić information content (AvgIpc) is 2.83. The Bertz CT molecular complexity index is 1210. The van der Waals surface area contributed by atoms with Gasteiger partial charge < -0.3 is 30.0 Å². The zero-order chi connectivity index (χ0) is 25.5. The van der Waals surface area contributed by atoms with Crippen LogP contribution in [0.25, 0.3) is 0 Å². The van der Waals surface area contributed by atoms with Crippen molar-refractivity contribution in [3.63, 3.8) is 0 Å². The molecule has 0 spiro atoms. The molecule has 2 aromatic carbocycles. The number of rotatable bonds is 8. The van der Waals surface area contributed by atoms with E-state index in [9.17, 15) is 19.5 Å². The Balaban J connectivity index is 1.69. The third-order valence-corrected chi connectivity index (χ3v) is 5.43. The maximum absolute atomic E-state index is 12.3. The molecule has 1 heterocycles. The van der Waals surface area contributed by atoms with Crippen molar-refractivity contribution in [2.24, 2.45) is 5.10 Å². The number of benzene rings is 2. The van der Waals surface area contributed by atoms with Gasteiger partial charge in [-0.25, -0.2) is 15.0 Å². The molecular formula is C23H23BrN4O7. The van der Waals surface area contributed by atoms with E-state index in [0.717, 1.165) is 4.47 Å². The van der Waals surface area contributed by atoms with E-state index in [2.05, 4.69) is 37.1 Å². The lowest BCUT2D eigenvalue weighted by Gasteiger charge is -2.28. The van der Waals surface area contributed by atoms with Crippen LogP contribution in [-0.2, 0) is 14.3 Å². The summed E-state index contributed by atoms with van der Waals surface area (Å²) < 4.78 is 16.5. The van der Waals surface area contributed by atoms with Gasteiger partial charge in [0.15, 0.2) is 18.1 Å². The summed E-state index contributed by atoms with van der Waals surface area (Å²) in [4.78, 5) is 36.4. The molecule has 12 heteroatoms. The number of hydrogen-bond donors (Lipinski definition) is 4. The number of urea groups is 1. The van der Waals surface area contributed by atoms with Gasteiger partial charge in [0.25, 0.3) is 5.91 Å². The zero-order valence-electron chi connectivity index (χ0n) is 19.0. The van der Waals surface area contributed by atoms with E-state index in [1.165, 1.54) is 26.5 Å². The quantitative estimate of drug-likeness (QED) is 0.226. The third kappa shape index (κ3) is 6.29. The molecule has 1 aliphatic rings. The number of halogens is 1. The summed E-state index contributed by atoms with van der Waals surface area (Å²) in [5, 5.41) is 18.8. The Labute approximate surface area is 209 Å². The number of allylic oxidation sites excluding steroid dienone is 1. The number of ether oxygens (including phenoxy) is 3. The summed E-state index contributed by atoms with van der Waals surface area (Å²) >= 11 is 3.29. The molecule has 2 aromatic rings. The Kier molecular flexibility index (Phi) is 8.31. The van der Waals surface area contributed by atoms with Gasteiger partial charge in [0.05, 0.1) is 32.0 Å². The number of hydrogen-bond acceptors (Lipinski definition) is 8. The van der Waals surface area contributed by atoms with Gasteiger partial charge in [-0.2, -0.15) is 5.10 Å². The molecule has 0 saturated carbocycles. The van der Waals surface area contributed by atoms with Crippen LogP contribution in [0.4, 0.5) is 4.79 Å². The molecule has 0 saturated heterocycles. The minimum Gasteiger partial charge on any atom is -0.507 e. The number of hydrazone groups is 1. The summed E-state index contributed by atoms with van der Waals surface area (Å²) in [5.41, 5.74) is 3.89. The first-order valence-electron chi connectivity index (χ1n) is 10.2. The number of esters is 1. The van der Waals surface area contributed by atoms with Crippen LogP contribution in [0.15, 0.2) is 57.2 Å². The minimum absolute atomic E-state index is 0.0117. The maximum atomic E-state index is 12.3. The van der Waals surface area contributed by atoms with Crippen LogP contribution in [0, 0.1) is 0 Å². The van der Waals surface area contributed by atoms with Gasteiger partial charge in [0.1, 0.15) is 5.75 Å². The third-order valence-electron chi connectivity index (χ3n) is 4.94. The highest BCUT2D eigenvalue weighted by Gasteiger charge is 2.32. The second-order valence-electron chi connectivity index (χ2n) is 7.26. The molecule has 1 atom stereocenters. The van der Waals surface area contributed by atoms with Crippen molar-refractivity contribution < 1.29 is 33.7 Å². The maximum Gasteiger partial charge on any atom is 0.337 e. The molecule has 35 heavy (non-hydrogen) atoms. The van der Waals surface area contributed by atoms with E-state index in [4.69, 9.17) is 14.2 Å². The molecule has 0 aliphatic carbocycles. The fourth-order valence-electron chi connectivity index (χ4n) is 3.29. The fourth-order valence-corrected chi connectivity index (χ4v) is 3.66.